The van der Waals surface area contributed by atoms with Crippen LogP contribution in [0.4, 0.5) is 11.4 Å². The Kier molecular flexibility index (Phi) is 6.52. The number of anilines is 2. The zero-order valence-electron chi connectivity index (χ0n) is 12.1. The van der Waals surface area contributed by atoms with Crippen LogP contribution in [-0.4, -0.2) is 32.5 Å². The molecule has 2 amide bonds. The number of carbonyl (C=O) groups is 2. The molecule has 20 heavy (non-hydrogen) atoms. The van der Waals surface area contributed by atoms with E-state index in [2.05, 4.69) is 16.0 Å². The summed E-state index contributed by atoms with van der Waals surface area (Å²) in [5.41, 5.74) is 1.16. The Morgan fingerprint density at radius 3 is 2.60 bits per heavy atom. The molecule has 0 spiro atoms. The summed E-state index contributed by atoms with van der Waals surface area (Å²) < 4.78 is 5.19. The minimum atomic E-state index is -0.165. The van der Waals surface area contributed by atoms with Crippen molar-refractivity contribution >= 4 is 23.2 Å². The highest BCUT2D eigenvalue weighted by atomic mass is 16.5. The lowest BCUT2D eigenvalue weighted by Gasteiger charge is -2.12. The van der Waals surface area contributed by atoms with Gasteiger partial charge in [-0.15, -0.1) is 0 Å². The maximum atomic E-state index is 11.8. The monoisotopic (exact) mass is 279 g/mol. The van der Waals surface area contributed by atoms with Gasteiger partial charge in [-0.3, -0.25) is 9.59 Å². The summed E-state index contributed by atoms with van der Waals surface area (Å²) in [6.45, 7) is 2.22. The fourth-order valence-electron chi connectivity index (χ4n) is 1.73. The second kappa shape index (κ2) is 8.16. The Balaban J connectivity index is 2.74. The normalized spacial score (nSPS) is 9.95. The van der Waals surface area contributed by atoms with Gasteiger partial charge in [0.1, 0.15) is 5.75 Å². The van der Waals surface area contributed by atoms with Crippen LogP contribution in [0.1, 0.15) is 19.8 Å². The molecule has 1 rings (SSSR count). The van der Waals surface area contributed by atoms with Crippen LogP contribution in [0.3, 0.4) is 0 Å². The van der Waals surface area contributed by atoms with Crippen LogP contribution in [0.5, 0.6) is 5.75 Å². The van der Waals surface area contributed by atoms with Gasteiger partial charge in [0.05, 0.1) is 12.8 Å². The SMILES string of the molecule is CNCCCC(=O)Nc1cc(NC(C)=O)ccc1OC. The highest BCUT2D eigenvalue weighted by Gasteiger charge is 2.09. The van der Waals surface area contributed by atoms with Crippen molar-refractivity contribution in [3.05, 3.63) is 18.2 Å². The van der Waals surface area contributed by atoms with E-state index in [1.54, 1.807) is 18.2 Å². The minimum Gasteiger partial charge on any atom is -0.495 e. The molecule has 0 heterocycles. The standard InChI is InChI=1S/C14H21N3O3/c1-10(18)16-11-6-7-13(20-3)12(9-11)17-14(19)5-4-8-15-2/h6-7,9,15H,4-5,8H2,1-3H3,(H,16,18)(H,17,19). The van der Waals surface area contributed by atoms with E-state index < -0.39 is 0 Å². The summed E-state index contributed by atoms with van der Waals surface area (Å²) in [5, 5.41) is 8.45. The number of amides is 2. The summed E-state index contributed by atoms with van der Waals surface area (Å²) in [6.07, 6.45) is 1.18. The third-order valence-corrected chi connectivity index (χ3v) is 2.62. The van der Waals surface area contributed by atoms with Crippen molar-refractivity contribution in [2.24, 2.45) is 0 Å². The highest BCUT2D eigenvalue weighted by Crippen LogP contribution is 2.28. The molecule has 1 aromatic carbocycles. The van der Waals surface area contributed by atoms with E-state index in [9.17, 15) is 9.59 Å². The minimum absolute atomic E-state index is 0.0847. The first-order valence-corrected chi connectivity index (χ1v) is 6.47. The van der Waals surface area contributed by atoms with Crippen LogP contribution in [0.15, 0.2) is 18.2 Å². The molecular weight excluding hydrogens is 258 g/mol. The van der Waals surface area contributed by atoms with Crippen LogP contribution in [0.2, 0.25) is 0 Å². The molecule has 0 aliphatic carbocycles. The number of nitrogens with one attached hydrogen (secondary N) is 3. The van der Waals surface area contributed by atoms with E-state index in [0.29, 0.717) is 23.5 Å². The van der Waals surface area contributed by atoms with Gasteiger partial charge in [-0.25, -0.2) is 0 Å². The summed E-state index contributed by atoms with van der Waals surface area (Å²) in [5.74, 6) is 0.307. The fourth-order valence-corrected chi connectivity index (χ4v) is 1.73. The van der Waals surface area contributed by atoms with Crippen molar-refractivity contribution in [1.82, 2.24) is 5.32 Å². The van der Waals surface area contributed by atoms with E-state index in [0.717, 1.165) is 13.0 Å². The zero-order chi connectivity index (χ0) is 15.0. The summed E-state index contributed by atoms with van der Waals surface area (Å²) in [4.78, 5) is 22.8. The molecule has 0 radical (unpaired) electrons. The second-order valence-corrected chi connectivity index (χ2v) is 4.35. The Bertz CT molecular complexity index is 475. The van der Waals surface area contributed by atoms with Crippen molar-refractivity contribution in [2.75, 3.05) is 31.3 Å². The average Bonchev–Trinajstić information content (AvgIpc) is 2.38. The molecule has 0 aromatic heterocycles. The molecule has 6 nitrogen and oxygen atoms in total. The first-order valence-electron chi connectivity index (χ1n) is 6.47. The van der Waals surface area contributed by atoms with Crippen LogP contribution in [0.25, 0.3) is 0 Å². The molecule has 110 valence electrons. The highest BCUT2D eigenvalue weighted by molar-refractivity contribution is 5.94. The number of carbonyl (C=O) groups excluding carboxylic acids is 2. The molecular formula is C14H21N3O3. The molecule has 0 saturated heterocycles. The number of rotatable bonds is 7. The molecule has 1 aromatic rings. The Morgan fingerprint density at radius 1 is 1.25 bits per heavy atom. The number of methoxy groups -OCH3 is 1. The molecule has 0 atom stereocenters. The van der Waals surface area contributed by atoms with Gasteiger partial charge in [-0.1, -0.05) is 0 Å². The third-order valence-electron chi connectivity index (χ3n) is 2.62. The maximum Gasteiger partial charge on any atom is 0.224 e. The van der Waals surface area contributed by atoms with Gasteiger partial charge >= 0.3 is 0 Å². The van der Waals surface area contributed by atoms with Gasteiger partial charge in [0, 0.05) is 19.0 Å². The van der Waals surface area contributed by atoms with Gasteiger partial charge in [0.2, 0.25) is 11.8 Å². The van der Waals surface area contributed by atoms with Gasteiger partial charge in [0.25, 0.3) is 0 Å². The van der Waals surface area contributed by atoms with E-state index >= 15 is 0 Å². The Labute approximate surface area is 118 Å². The largest absolute Gasteiger partial charge is 0.495 e. The molecule has 0 aliphatic heterocycles. The topological polar surface area (TPSA) is 79.5 Å². The van der Waals surface area contributed by atoms with Gasteiger partial charge in [0.15, 0.2) is 0 Å². The van der Waals surface area contributed by atoms with Crippen molar-refractivity contribution in [2.45, 2.75) is 19.8 Å². The van der Waals surface area contributed by atoms with E-state index in [-0.39, 0.29) is 11.8 Å². The smallest absolute Gasteiger partial charge is 0.224 e. The predicted molar refractivity (Wildman–Crippen MR) is 79.1 cm³/mol. The predicted octanol–water partition coefficient (Wildman–Crippen LogP) is 1.59. The Hall–Kier alpha value is -2.08. The lowest BCUT2D eigenvalue weighted by atomic mass is 10.2. The van der Waals surface area contributed by atoms with Crippen molar-refractivity contribution in [1.29, 1.82) is 0 Å². The lowest BCUT2D eigenvalue weighted by Crippen LogP contribution is -2.16. The van der Waals surface area contributed by atoms with E-state index in [1.807, 2.05) is 7.05 Å². The van der Waals surface area contributed by atoms with Crippen LogP contribution in [-0.2, 0) is 9.59 Å². The molecule has 0 fully saturated rings. The summed E-state index contributed by atoms with van der Waals surface area (Å²) in [7, 11) is 3.38. The van der Waals surface area contributed by atoms with Crippen molar-refractivity contribution in [3.8, 4) is 5.75 Å². The second-order valence-electron chi connectivity index (χ2n) is 4.35. The van der Waals surface area contributed by atoms with Crippen molar-refractivity contribution < 1.29 is 14.3 Å². The third kappa shape index (κ3) is 5.27. The quantitative estimate of drug-likeness (QED) is 0.662. The fraction of sp³-hybridized carbons (Fsp3) is 0.429. The van der Waals surface area contributed by atoms with Gasteiger partial charge in [-0.2, -0.15) is 0 Å². The van der Waals surface area contributed by atoms with E-state index in [4.69, 9.17) is 4.74 Å². The number of hydrogen-bond donors (Lipinski definition) is 3. The van der Waals surface area contributed by atoms with E-state index in [1.165, 1.54) is 14.0 Å². The van der Waals surface area contributed by atoms with Crippen LogP contribution in [0, 0.1) is 0 Å². The van der Waals surface area contributed by atoms with Crippen LogP contribution < -0.4 is 20.7 Å². The van der Waals surface area contributed by atoms with Crippen molar-refractivity contribution in [3.63, 3.8) is 0 Å². The molecule has 6 heteroatoms. The zero-order valence-corrected chi connectivity index (χ0v) is 12.1. The molecule has 3 N–H and O–H groups in total. The first kappa shape index (κ1) is 16.0. The number of ether oxygens (including phenoxy) is 1. The lowest BCUT2D eigenvalue weighted by molar-refractivity contribution is -0.116. The molecule has 0 saturated carbocycles. The molecule has 0 aliphatic rings. The summed E-state index contributed by atoms with van der Waals surface area (Å²) in [6, 6.07) is 5.10. The molecule has 0 bridgehead atoms. The maximum absolute atomic E-state index is 11.8. The number of hydrogen-bond acceptors (Lipinski definition) is 4. The summed E-state index contributed by atoms with van der Waals surface area (Å²) >= 11 is 0. The molecule has 0 unspecified atom stereocenters. The Morgan fingerprint density at radius 2 is 2.00 bits per heavy atom. The number of benzene rings is 1. The van der Waals surface area contributed by atoms with Gasteiger partial charge in [-0.05, 0) is 38.2 Å². The first-order chi connectivity index (χ1) is 9.56. The average molecular weight is 279 g/mol. The van der Waals surface area contributed by atoms with Crippen LogP contribution >= 0.6 is 0 Å². The van der Waals surface area contributed by atoms with Gasteiger partial charge < -0.3 is 20.7 Å².